The number of rotatable bonds is 7. The predicted octanol–water partition coefficient (Wildman–Crippen LogP) is 2.54. The molecule has 0 aromatic carbocycles. The summed E-state index contributed by atoms with van der Waals surface area (Å²) in [7, 11) is 0. The van der Waals surface area contributed by atoms with Gasteiger partial charge in [0.25, 0.3) is 0 Å². The first-order valence-electron chi connectivity index (χ1n) is 8.33. The van der Waals surface area contributed by atoms with E-state index >= 15 is 0 Å². The van der Waals surface area contributed by atoms with Gasteiger partial charge in [-0.1, -0.05) is 6.42 Å². The van der Waals surface area contributed by atoms with Crippen molar-refractivity contribution in [1.82, 2.24) is 10.6 Å². The van der Waals surface area contributed by atoms with Crippen LogP contribution >= 0.6 is 0 Å². The summed E-state index contributed by atoms with van der Waals surface area (Å²) in [6.07, 6.45) is 4.81. The van der Waals surface area contributed by atoms with Crippen molar-refractivity contribution in [2.24, 2.45) is 0 Å². The number of hydrogen-bond acceptors (Lipinski definition) is 4. The Morgan fingerprint density at radius 1 is 1.09 bits per heavy atom. The molecule has 0 spiro atoms. The zero-order valence-corrected chi connectivity index (χ0v) is 14.8. The number of amides is 1. The number of esters is 1. The van der Waals surface area contributed by atoms with E-state index in [4.69, 9.17) is 4.74 Å². The fourth-order valence-electron chi connectivity index (χ4n) is 3.39. The lowest BCUT2D eigenvalue weighted by molar-refractivity contribution is -0.153. The lowest BCUT2D eigenvalue weighted by Gasteiger charge is -2.45. The summed E-state index contributed by atoms with van der Waals surface area (Å²) in [5, 5.41) is 6.34. The molecule has 1 heterocycles. The van der Waals surface area contributed by atoms with Crippen molar-refractivity contribution < 1.29 is 14.3 Å². The normalized spacial score (nSPS) is 20.4. The fourth-order valence-corrected chi connectivity index (χ4v) is 3.39. The Hall–Kier alpha value is -1.10. The maximum atomic E-state index is 12.0. The lowest BCUT2D eigenvalue weighted by atomic mass is 9.81. The first kappa shape index (κ1) is 18.9. The minimum absolute atomic E-state index is 0.00173. The molecular weight excluding hydrogens is 280 g/mol. The van der Waals surface area contributed by atoms with Gasteiger partial charge in [-0.25, -0.2) is 0 Å². The minimum atomic E-state index is -0.0990. The number of hydrogen-bond donors (Lipinski definition) is 2. The molecule has 1 rings (SSSR count). The molecular formula is C17H32N2O3. The van der Waals surface area contributed by atoms with Gasteiger partial charge in [0.2, 0.25) is 5.91 Å². The number of carbonyl (C=O) groups is 2. The molecule has 5 nitrogen and oxygen atoms in total. The van der Waals surface area contributed by atoms with Gasteiger partial charge in [-0.15, -0.1) is 0 Å². The van der Waals surface area contributed by atoms with Gasteiger partial charge in [0, 0.05) is 43.8 Å². The smallest absolute Gasteiger partial charge is 0.306 e. The SMILES string of the molecule is CC(=O)NCCCCCC(=O)OC1CC(C)(C)NC(C)(C)C1. The summed E-state index contributed by atoms with van der Waals surface area (Å²) in [6, 6.07) is 0. The number of nitrogens with one attached hydrogen (secondary N) is 2. The summed E-state index contributed by atoms with van der Waals surface area (Å²) in [6.45, 7) is 10.8. The maximum absolute atomic E-state index is 12.0. The molecule has 22 heavy (non-hydrogen) atoms. The van der Waals surface area contributed by atoms with Crippen molar-refractivity contribution in [1.29, 1.82) is 0 Å². The predicted molar refractivity (Wildman–Crippen MR) is 87.6 cm³/mol. The third kappa shape index (κ3) is 7.78. The topological polar surface area (TPSA) is 67.4 Å². The van der Waals surface area contributed by atoms with E-state index in [0.29, 0.717) is 13.0 Å². The van der Waals surface area contributed by atoms with Crippen molar-refractivity contribution in [3.63, 3.8) is 0 Å². The fraction of sp³-hybridized carbons (Fsp3) is 0.882. The van der Waals surface area contributed by atoms with Gasteiger partial charge in [0.1, 0.15) is 6.10 Å². The van der Waals surface area contributed by atoms with Gasteiger partial charge in [-0.2, -0.15) is 0 Å². The second-order valence-corrected chi connectivity index (χ2v) is 7.71. The molecule has 128 valence electrons. The molecule has 1 aliphatic heterocycles. The number of carbonyl (C=O) groups excluding carboxylic acids is 2. The van der Waals surface area contributed by atoms with Gasteiger partial charge in [-0.05, 0) is 40.5 Å². The van der Waals surface area contributed by atoms with Crippen LogP contribution < -0.4 is 10.6 Å². The van der Waals surface area contributed by atoms with Crippen LogP contribution in [0.5, 0.6) is 0 Å². The van der Waals surface area contributed by atoms with Crippen molar-refractivity contribution >= 4 is 11.9 Å². The van der Waals surface area contributed by atoms with Gasteiger partial charge >= 0.3 is 5.97 Å². The average molecular weight is 312 g/mol. The molecule has 0 atom stereocenters. The van der Waals surface area contributed by atoms with Crippen molar-refractivity contribution in [3.05, 3.63) is 0 Å². The molecule has 1 amide bonds. The first-order chi connectivity index (χ1) is 10.1. The molecule has 0 aliphatic carbocycles. The molecule has 0 bridgehead atoms. The highest BCUT2D eigenvalue weighted by molar-refractivity contribution is 5.72. The molecule has 1 aliphatic rings. The Labute approximate surface area is 134 Å². The van der Waals surface area contributed by atoms with Crippen LogP contribution in [0, 0.1) is 0 Å². The highest BCUT2D eigenvalue weighted by atomic mass is 16.5. The second-order valence-electron chi connectivity index (χ2n) is 7.71. The van der Waals surface area contributed by atoms with E-state index < -0.39 is 0 Å². The molecule has 5 heteroatoms. The second kappa shape index (κ2) is 7.95. The molecule has 0 saturated carbocycles. The Bertz CT molecular complexity index is 375. The number of piperidine rings is 1. The van der Waals surface area contributed by atoms with Gasteiger partial charge in [-0.3, -0.25) is 9.59 Å². The van der Waals surface area contributed by atoms with E-state index in [2.05, 4.69) is 38.3 Å². The monoisotopic (exact) mass is 312 g/mol. The summed E-state index contributed by atoms with van der Waals surface area (Å²) >= 11 is 0. The van der Waals surface area contributed by atoms with Crippen LogP contribution in [0.3, 0.4) is 0 Å². The molecule has 1 fully saturated rings. The van der Waals surface area contributed by atoms with Gasteiger partial charge in [0.05, 0.1) is 0 Å². The maximum Gasteiger partial charge on any atom is 0.306 e. The van der Waals surface area contributed by atoms with Crippen molar-refractivity contribution in [3.8, 4) is 0 Å². The van der Waals surface area contributed by atoms with E-state index in [1.54, 1.807) is 0 Å². The zero-order valence-electron chi connectivity index (χ0n) is 14.8. The molecule has 0 unspecified atom stereocenters. The van der Waals surface area contributed by atoms with E-state index in [0.717, 1.165) is 32.1 Å². The highest BCUT2D eigenvalue weighted by Crippen LogP contribution is 2.30. The average Bonchev–Trinajstić information content (AvgIpc) is 2.28. The van der Waals surface area contributed by atoms with Crippen molar-refractivity contribution in [2.75, 3.05) is 6.54 Å². The van der Waals surface area contributed by atoms with Crippen LogP contribution in [0.4, 0.5) is 0 Å². The van der Waals surface area contributed by atoms with Crippen LogP contribution in [0.15, 0.2) is 0 Å². The minimum Gasteiger partial charge on any atom is -0.462 e. The summed E-state index contributed by atoms with van der Waals surface area (Å²) in [5.74, 6) is -0.103. The quantitative estimate of drug-likeness (QED) is 0.560. The Morgan fingerprint density at radius 3 is 2.23 bits per heavy atom. The molecule has 0 aromatic heterocycles. The van der Waals surface area contributed by atoms with E-state index in [-0.39, 0.29) is 29.1 Å². The van der Waals surface area contributed by atoms with Gasteiger partial charge in [0.15, 0.2) is 0 Å². The van der Waals surface area contributed by atoms with Crippen molar-refractivity contribution in [2.45, 2.75) is 90.3 Å². The number of ether oxygens (including phenoxy) is 1. The van der Waals surface area contributed by atoms with E-state index in [9.17, 15) is 9.59 Å². The molecule has 1 saturated heterocycles. The lowest BCUT2D eigenvalue weighted by Crippen LogP contribution is -2.59. The van der Waals surface area contributed by atoms with Crippen LogP contribution in [-0.2, 0) is 14.3 Å². The Kier molecular flexibility index (Phi) is 6.85. The molecule has 0 aromatic rings. The van der Waals surface area contributed by atoms with Crippen LogP contribution in [0.25, 0.3) is 0 Å². The zero-order chi connectivity index (χ0) is 16.8. The van der Waals surface area contributed by atoms with Crippen LogP contribution in [-0.4, -0.2) is 35.6 Å². The standard InChI is InChI=1S/C17H32N2O3/c1-13(20)18-10-8-6-7-9-15(21)22-14-11-16(2,3)19-17(4,5)12-14/h14,19H,6-12H2,1-5H3,(H,18,20). The number of unbranched alkanes of at least 4 members (excludes halogenated alkanes) is 2. The van der Waals surface area contributed by atoms with Crippen LogP contribution in [0.1, 0.15) is 73.1 Å². The third-order valence-electron chi connectivity index (χ3n) is 3.88. The van der Waals surface area contributed by atoms with Gasteiger partial charge < -0.3 is 15.4 Å². The summed E-state index contributed by atoms with van der Waals surface area (Å²) in [5.41, 5.74) is -0.0177. The summed E-state index contributed by atoms with van der Waals surface area (Å²) < 4.78 is 5.66. The Morgan fingerprint density at radius 2 is 1.68 bits per heavy atom. The largest absolute Gasteiger partial charge is 0.462 e. The van der Waals surface area contributed by atoms with Crippen LogP contribution in [0.2, 0.25) is 0 Å². The first-order valence-corrected chi connectivity index (χ1v) is 8.33. The molecule has 2 N–H and O–H groups in total. The highest BCUT2D eigenvalue weighted by Gasteiger charge is 2.39. The third-order valence-corrected chi connectivity index (χ3v) is 3.88. The summed E-state index contributed by atoms with van der Waals surface area (Å²) in [4.78, 5) is 22.7. The Balaban J connectivity index is 2.23. The molecule has 0 radical (unpaired) electrons. The van der Waals surface area contributed by atoms with E-state index in [1.807, 2.05) is 0 Å². The van der Waals surface area contributed by atoms with E-state index in [1.165, 1.54) is 6.92 Å².